The number of aromatic nitrogens is 4. The average Bonchev–Trinajstić information content (AvgIpc) is 3.26. The highest BCUT2D eigenvalue weighted by molar-refractivity contribution is 5.98. The highest BCUT2D eigenvalue weighted by atomic mass is 19.1. The van der Waals surface area contributed by atoms with E-state index in [1.165, 1.54) is 16.6 Å². The van der Waals surface area contributed by atoms with Crippen LogP contribution in [0.5, 0.6) is 0 Å². The van der Waals surface area contributed by atoms with E-state index >= 15 is 0 Å². The number of nitrogens with one attached hydrogen (secondary N) is 2. The Morgan fingerprint density at radius 3 is 2.70 bits per heavy atom. The molecule has 2 N–H and O–H groups in total. The Morgan fingerprint density at radius 2 is 1.91 bits per heavy atom. The zero-order valence-corrected chi connectivity index (χ0v) is 17.7. The van der Waals surface area contributed by atoms with Crippen LogP contribution in [-0.2, 0) is 0 Å². The Bertz CT molecular complexity index is 1540. The molecular weight excluding hydrogens is 421 g/mol. The fraction of sp³-hybridized carbons (Fsp3) is 0.120. The van der Waals surface area contributed by atoms with E-state index in [0.717, 1.165) is 5.56 Å². The van der Waals surface area contributed by atoms with Crippen molar-refractivity contribution in [2.45, 2.75) is 12.8 Å². The number of fused-ring (bicyclic) bond motifs is 3. The second-order valence-electron chi connectivity index (χ2n) is 7.90. The van der Waals surface area contributed by atoms with Crippen LogP contribution in [0.25, 0.3) is 27.8 Å². The number of hydrogen-bond acceptors (Lipinski definition) is 4. The molecule has 3 aromatic carbocycles. The molecule has 0 aliphatic heterocycles. The summed E-state index contributed by atoms with van der Waals surface area (Å²) in [7, 11) is 0. The Kier molecular flexibility index (Phi) is 5.18. The van der Waals surface area contributed by atoms with Crippen molar-refractivity contribution in [2.75, 3.05) is 6.54 Å². The number of nitrogens with zero attached hydrogens (tertiary/aromatic N) is 3. The molecule has 1 atom stereocenters. The summed E-state index contributed by atoms with van der Waals surface area (Å²) in [6.45, 7) is 2.52. The molecule has 164 valence electrons. The normalized spacial score (nSPS) is 12.2. The topological polar surface area (TPSA) is 92.2 Å². The summed E-state index contributed by atoms with van der Waals surface area (Å²) < 4.78 is 15.2. The molecule has 0 bridgehead atoms. The molecule has 0 saturated heterocycles. The minimum atomic E-state index is -0.450. The monoisotopic (exact) mass is 441 g/mol. The van der Waals surface area contributed by atoms with E-state index in [1.54, 1.807) is 30.3 Å². The molecule has 1 amide bonds. The first-order chi connectivity index (χ1) is 16.0. The van der Waals surface area contributed by atoms with Gasteiger partial charge >= 0.3 is 0 Å². The van der Waals surface area contributed by atoms with E-state index in [4.69, 9.17) is 0 Å². The van der Waals surface area contributed by atoms with Crippen LogP contribution in [-0.4, -0.2) is 32.3 Å². The number of H-pyrrole nitrogens is 1. The summed E-state index contributed by atoms with van der Waals surface area (Å²) in [5, 5.41) is 10.4. The number of carbonyl (C=O) groups is 1. The lowest BCUT2D eigenvalue weighted by atomic mass is 10.0. The van der Waals surface area contributed by atoms with Gasteiger partial charge in [0.2, 0.25) is 0 Å². The first kappa shape index (κ1) is 20.6. The molecule has 8 heteroatoms. The van der Waals surface area contributed by atoms with Gasteiger partial charge in [-0.15, -0.1) is 0 Å². The lowest BCUT2D eigenvalue weighted by Crippen LogP contribution is -2.27. The number of rotatable bonds is 5. The smallest absolute Gasteiger partial charge is 0.281 e. The maximum Gasteiger partial charge on any atom is 0.281 e. The SMILES string of the molecule is C[C@H](CNC(=O)c1ccc2c(=O)nc3c(-c4cccc(F)c4)n[nH]n3c2c1)c1ccccc1. The van der Waals surface area contributed by atoms with E-state index in [-0.39, 0.29) is 17.5 Å². The largest absolute Gasteiger partial charge is 0.351 e. The average molecular weight is 441 g/mol. The van der Waals surface area contributed by atoms with Crippen LogP contribution < -0.4 is 10.9 Å². The minimum Gasteiger partial charge on any atom is -0.351 e. The van der Waals surface area contributed by atoms with Gasteiger partial charge in [0, 0.05) is 17.7 Å². The first-order valence-electron chi connectivity index (χ1n) is 10.5. The second kappa shape index (κ2) is 8.31. The Morgan fingerprint density at radius 1 is 1.09 bits per heavy atom. The Balaban J connectivity index is 1.49. The van der Waals surface area contributed by atoms with Crippen LogP contribution in [0.1, 0.15) is 28.8 Å². The van der Waals surface area contributed by atoms with Crippen molar-refractivity contribution in [1.82, 2.24) is 25.1 Å². The van der Waals surface area contributed by atoms with Gasteiger partial charge in [-0.05, 0) is 41.8 Å². The van der Waals surface area contributed by atoms with Gasteiger partial charge in [0.15, 0.2) is 5.65 Å². The van der Waals surface area contributed by atoms with Crippen molar-refractivity contribution in [1.29, 1.82) is 0 Å². The van der Waals surface area contributed by atoms with Crippen molar-refractivity contribution in [2.24, 2.45) is 0 Å². The van der Waals surface area contributed by atoms with Crippen LogP contribution in [0, 0.1) is 5.82 Å². The van der Waals surface area contributed by atoms with Gasteiger partial charge in [0.1, 0.15) is 11.5 Å². The minimum absolute atomic E-state index is 0.149. The third-order valence-corrected chi connectivity index (χ3v) is 5.66. The molecule has 0 unspecified atom stereocenters. The summed E-state index contributed by atoms with van der Waals surface area (Å²) in [5.74, 6) is -0.515. The lowest BCUT2D eigenvalue weighted by Gasteiger charge is -2.13. The quantitative estimate of drug-likeness (QED) is 0.433. The van der Waals surface area contributed by atoms with Gasteiger partial charge in [0.25, 0.3) is 11.5 Å². The predicted molar refractivity (Wildman–Crippen MR) is 124 cm³/mol. The molecule has 33 heavy (non-hydrogen) atoms. The summed E-state index contributed by atoms with van der Waals surface area (Å²) in [4.78, 5) is 29.6. The van der Waals surface area contributed by atoms with Crippen molar-refractivity contribution in [3.8, 4) is 11.3 Å². The van der Waals surface area contributed by atoms with Crippen LogP contribution >= 0.6 is 0 Å². The summed E-state index contributed by atoms with van der Waals surface area (Å²) >= 11 is 0. The Labute approximate surface area is 187 Å². The molecule has 0 spiro atoms. The fourth-order valence-electron chi connectivity index (χ4n) is 3.85. The molecule has 7 nitrogen and oxygen atoms in total. The number of benzene rings is 3. The van der Waals surface area contributed by atoms with Gasteiger partial charge < -0.3 is 5.32 Å². The summed E-state index contributed by atoms with van der Waals surface area (Å²) in [5.41, 5.74) is 2.65. The highest BCUT2D eigenvalue weighted by Gasteiger charge is 2.16. The summed E-state index contributed by atoms with van der Waals surface area (Å²) in [6, 6.07) is 20.7. The van der Waals surface area contributed by atoms with E-state index in [2.05, 4.69) is 20.6 Å². The molecule has 5 aromatic rings. The molecule has 0 aliphatic rings. The highest BCUT2D eigenvalue weighted by Crippen LogP contribution is 2.23. The molecule has 0 aliphatic carbocycles. The first-order valence-corrected chi connectivity index (χ1v) is 10.5. The van der Waals surface area contributed by atoms with Gasteiger partial charge in [-0.3, -0.25) is 9.59 Å². The number of carbonyl (C=O) groups excluding carboxylic acids is 1. The zero-order chi connectivity index (χ0) is 22.9. The van der Waals surface area contributed by atoms with E-state index in [1.807, 2.05) is 37.3 Å². The molecule has 0 saturated carbocycles. The van der Waals surface area contributed by atoms with Crippen LogP contribution in [0.4, 0.5) is 4.39 Å². The fourth-order valence-corrected chi connectivity index (χ4v) is 3.85. The third kappa shape index (κ3) is 3.87. The standard InChI is InChI=1S/C25H20FN5O2/c1-15(16-6-3-2-4-7-16)14-27-24(32)18-10-11-20-21(13-18)31-23(28-25(20)33)22(29-30-31)17-8-5-9-19(26)12-17/h2-13,15,30H,14H2,1H3,(H,27,32)/t15-/m1/s1. The van der Waals surface area contributed by atoms with Crippen molar-refractivity contribution in [3.05, 3.63) is 100 Å². The molecule has 0 radical (unpaired) electrons. The maximum absolute atomic E-state index is 13.7. The summed E-state index contributed by atoms with van der Waals surface area (Å²) in [6.07, 6.45) is 0. The van der Waals surface area contributed by atoms with Crippen molar-refractivity contribution < 1.29 is 9.18 Å². The van der Waals surface area contributed by atoms with Crippen LogP contribution in [0.3, 0.4) is 0 Å². The lowest BCUT2D eigenvalue weighted by molar-refractivity contribution is 0.0951. The molecule has 2 heterocycles. The molecular formula is C25H20FN5O2. The molecule has 2 aromatic heterocycles. The van der Waals surface area contributed by atoms with E-state index < -0.39 is 11.4 Å². The van der Waals surface area contributed by atoms with E-state index in [9.17, 15) is 14.0 Å². The Hall–Kier alpha value is -4.33. The number of halogens is 1. The second-order valence-corrected chi connectivity index (χ2v) is 7.90. The van der Waals surface area contributed by atoms with Gasteiger partial charge in [-0.1, -0.05) is 49.4 Å². The van der Waals surface area contributed by atoms with Crippen molar-refractivity contribution >= 4 is 22.5 Å². The van der Waals surface area contributed by atoms with Gasteiger partial charge in [-0.25, -0.2) is 14.1 Å². The maximum atomic E-state index is 13.7. The van der Waals surface area contributed by atoms with Gasteiger partial charge in [0.05, 0.1) is 10.9 Å². The zero-order valence-electron chi connectivity index (χ0n) is 17.7. The molecule has 0 fully saturated rings. The third-order valence-electron chi connectivity index (χ3n) is 5.66. The van der Waals surface area contributed by atoms with E-state index in [0.29, 0.717) is 34.3 Å². The number of aromatic amines is 1. The number of hydrogen-bond donors (Lipinski definition) is 2. The van der Waals surface area contributed by atoms with Crippen molar-refractivity contribution in [3.63, 3.8) is 0 Å². The van der Waals surface area contributed by atoms with Crippen LogP contribution in [0.2, 0.25) is 0 Å². The van der Waals surface area contributed by atoms with Crippen LogP contribution in [0.15, 0.2) is 77.6 Å². The number of amides is 1. The predicted octanol–water partition coefficient (Wildman–Crippen LogP) is 3.91. The van der Waals surface area contributed by atoms with Gasteiger partial charge in [-0.2, -0.15) is 10.1 Å². The molecule has 5 rings (SSSR count).